The van der Waals surface area contributed by atoms with E-state index in [-0.39, 0.29) is 0 Å². The number of nitrogens with zero attached hydrogens (tertiary/aromatic N) is 4. The van der Waals surface area contributed by atoms with Crippen LogP contribution in [0.2, 0.25) is 0 Å². The summed E-state index contributed by atoms with van der Waals surface area (Å²) >= 11 is 1.76. The van der Waals surface area contributed by atoms with Crippen LogP contribution in [0.3, 0.4) is 0 Å². The molecule has 2 aliphatic heterocycles. The fourth-order valence-electron chi connectivity index (χ4n) is 4.56. The largest absolute Gasteiger partial charge is 0.383 e. The monoisotopic (exact) mass is 372 g/mol. The van der Waals surface area contributed by atoms with Crippen molar-refractivity contribution in [3.63, 3.8) is 0 Å². The molecule has 140 valence electrons. The summed E-state index contributed by atoms with van der Waals surface area (Å²) in [7, 11) is 1.82. The van der Waals surface area contributed by atoms with Crippen molar-refractivity contribution in [3.8, 4) is 0 Å². The van der Waals surface area contributed by atoms with Crippen LogP contribution in [-0.4, -0.2) is 59.2 Å². The number of methoxy groups -OCH3 is 1. The van der Waals surface area contributed by atoms with Crippen molar-refractivity contribution in [3.05, 3.63) is 46.7 Å². The number of piperidine rings is 1. The van der Waals surface area contributed by atoms with Gasteiger partial charge in [0.1, 0.15) is 5.01 Å². The van der Waals surface area contributed by atoms with E-state index in [0.717, 1.165) is 25.4 Å². The summed E-state index contributed by atoms with van der Waals surface area (Å²) in [6.45, 7) is 6.28. The van der Waals surface area contributed by atoms with Crippen molar-refractivity contribution >= 4 is 11.3 Å². The molecule has 0 radical (unpaired) electrons. The van der Waals surface area contributed by atoms with Gasteiger partial charge in [0.05, 0.1) is 18.8 Å². The van der Waals surface area contributed by atoms with Crippen LogP contribution in [0, 0.1) is 5.41 Å². The summed E-state index contributed by atoms with van der Waals surface area (Å²) in [5.41, 5.74) is 1.60. The lowest BCUT2D eigenvalue weighted by Crippen LogP contribution is -2.41. The zero-order chi connectivity index (χ0) is 17.8. The number of rotatable bonds is 6. The number of pyridine rings is 1. The van der Waals surface area contributed by atoms with Crippen LogP contribution in [0.5, 0.6) is 0 Å². The zero-order valence-electron chi connectivity index (χ0n) is 15.5. The average Bonchev–Trinajstić information content (AvgIpc) is 3.27. The molecule has 2 fully saturated rings. The Balaban J connectivity index is 1.38. The molecule has 26 heavy (non-hydrogen) atoms. The van der Waals surface area contributed by atoms with Crippen LogP contribution in [0.15, 0.2) is 36.0 Å². The number of hydrogen-bond acceptors (Lipinski definition) is 6. The van der Waals surface area contributed by atoms with E-state index in [1.54, 1.807) is 11.3 Å². The first kappa shape index (κ1) is 18.0. The first-order valence-electron chi connectivity index (χ1n) is 9.50. The molecule has 6 heteroatoms. The van der Waals surface area contributed by atoms with Crippen molar-refractivity contribution in [2.45, 2.75) is 38.4 Å². The number of hydrogen-bond donors (Lipinski definition) is 0. The predicted octanol–water partition coefficient (Wildman–Crippen LogP) is 3.04. The summed E-state index contributed by atoms with van der Waals surface area (Å²) < 4.78 is 5.54. The van der Waals surface area contributed by atoms with Gasteiger partial charge in [0.2, 0.25) is 0 Å². The van der Waals surface area contributed by atoms with Gasteiger partial charge in [-0.2, -0.15) is 0 Å². The van der Waals surface area contributed by atoms with E-state index in [1.807, 2.05) is 25.6 Å². The van der Waals surface area contributed by atoms with Crippen molar-refractivity contribution < 1.29 is 4.74 Å². The van der Waals surface area contributed by atoms with Gasteiger partial charge in [-0.05, 0) is 49.9 Å². The minimum absolute atomic E-state index is 0.442. The summed E-state index contributed by atoms with van der Waals surface area (Å²) in [6.07, 6.45) is 7.60. The molecule has 0 unspecified atom stereocenters. The van der Waals surface area contributed by atoms with Gasteiger partial charge in [0, 0.05) is 44.0 Å². The highest BCUT2D eigenvalue weighted by molar-refractivity contribution is 7.09. The molecule has 0 aromatic carbocycles. The average molecular weight is 373 g/mol. The molecular weight excluding hydrogens is 344 g/mol. The van der Waals surface area contributed by atoms with E-state index >= 15 is 0 Å². The maximum Gasteiger partial charge on any atom is 0.107 e. The highest BCUT2D eigenvalue weighted by atomic mass is 32.1. The number of ether oxygens (including phenoxy) is 1. The number of likely N-dealkylation sites (tertiary alicyclic amines) is 2. The Labute approximate surface area is 160 Å². The maximum absolute atomic E-state index is 5.54. The van der Waals surface area contributed by atoms with E-state index < -0.39 is 0 Å². The highest BCUT2D eigenvalue weighted by Gasteiger charge is 2.45. The van der Waals surface area contributed by atoms with Gasteiger partial charge in [-0.3, -0.25) is 14.8 Å². The van der Waals surface area contributed by atoms with E-state index in [1.165, 1.54) is 43.9 Å². The minimum Gasteiger partial charge on any atom is -0.383 e. The predicted molar refractivity (Wildman–Crippen MR) is 104 cm³/mol. The summed E-state index contributed by atoms with van der Waals surface area (Å²) in [5, 5.41) is 3.31. The molecule has 0 bridgehead atoms. The van der Waals surface area contributed by atoms with Crippen LogP contribution in [-0.2, 0) is 17.8 Å². The van der Waals surface area contributed by atoms with Crippen LogP contribution in [0.4, 0.5) is 0 Å². The third kappa shape index (κ3) is 4.14. The molecule has 0 saturated carbocycles. The topological polar surface area (TPSA) is 41.5 Å². The highest BCUT2D eigenvalue weighted by Crippen LogP contribution is 2.44. The third-order valence-corrected chi connectivity index (χ3v) is 6.70. The fourth-order valence-corrected chi connectivity index (χ4v) is 5.22. The first-order valence-corrected chi connectivity index (χ1v) is 10.4. The van der Waals surface area contributed by atoms with Crippen molar-refractivity contribution in [2.75, 3.05) is 33.4 Å². The second-order valence-electron chi connectivity index (χ2n) is 7.74. The first-order chi connectivity index (χ1) is 12.8. The van der Waals surface area contributed by atoms with Crippen molar-refractivity contribution in [2.24, 2.45) is 5.41 Å². The van der Waals surface area contributed by atoms with Gasteiger partial charge in [-0.1, -0.05) is 6.07 Å². The van der Waals surface area contributed by atoms with E-state index in [4.69, 9.17) is 4.74 Å². The Morgan fingerprint density at radius 1 is 1.19 bits per heavy atom. The Hall–Kier alpha value is -1.34. The molecule has 2 aromatic heterocycles. The van der Waals surface area contributed by atoms with Gasteiger partial charge in [-0.15, -0.1) is 11.3 Å². The van der Waals surface area contributed by atoms with Gasteiger partial charge in [0.15, 0.2) is 0 Å². The summed E-state index contributed by atoms with van der Waals surface area (Å²) in [6, 6.07) is 6.70. The molecular formula is C20H28N4OS. The van der Waals surface area contributed by atoms with Gasteiger partial charge in [0.25, 0.3) is 0 Å². The quantitative estimate of drug-likeness (QED) is 0.780. The van der Waals surface area contributed by atoms with Crippen molar-refractivity contribution in [1.82, 2.24) is 19.8 Å². The van der Waals surface area contributed by atoms with Gasteiger partial charge in [-0.25, -0.2) is 4.98 Å². The second kappa shape index (κ2) is 8.13. The minimum atomic E-state index is 0.442. The molecule has 5 nitrogen and oxygen atoms in total. The molecule has 0 amide bonds. The molecule has 0 N–H and O–H groups in total. The smallest absolute Gasteiger partial charge is 0.107 e. The lowest BCUT2D eigenvalue weighted by Gasteiger charge is -2.39. The Bertz CT molecular complexity index is 670. The lowest BCUT2D eigenvalue weighted by atomic mass is 9.76. The maximum atomic E-state index is 5.54. The fraction of sp³-hybridized carbons (Fsp3) is 0.600. The van der Waals surface area contributed by atoms with E-state index in [0.29, 0.717) is 11.5 Å². The summed E-state index contributed by atoms with van der Waals surface area (Å²) in [4.78, 5) is 14.1. The number of aromatic nitrogens is 2. The molecule has 4 rings (SSSR count). The molecule has 1 spiro atoms. The van der Waals surface area contributed by atoms with E-state index in [9.17, 15) is 0 Å². The van der Waals surface area contributed by atoms with Gasteiger partial charge >= 0.3 is 0 Å². The van der Waals surface area contributed by atoms with Gasteiger partial charge < -0.3 is 4.74 Å². The number of thiazole rings is 1. The standard InChI is InChI=1S/C20H28N4OS/c1-25-15-18-12-20(16-24(18)13-17-4-2-3-7-21-17)5-9-23(10-6-20)14-19-22-8-11-26-19/h2-4,7-8,11,18H,5-6,9-10,12-16H2,1H3/t18-/m0/s1. The molecule has 1 atom stereocenters. The molecule has 0 aliphatic carbocycles. The SMILES string of the molecule is COC[C@@H]1CC2(CCN(Cc3nccs3)CC2)CN1Cc1ccccn1. The lowest BCUT2D eigenvalue weighted by molar-refractivity contribution is 0.101. The third-order valence-electron chi connectivity index (χ3n) is 5.93. The van der Waals surface area contributed by atoms with Crippen LogP contribution >= 0.6 is 11.3 Å². The molecule has 4 heterocycles. The van der Waals surface area contributed by atoms with Crippen LogP contribution in [0.1, 0.15) is 30.0 Å². The van der Waals surface area contributed by atoms with Crippen LogP contribution in [0.25, 0.3) is 0 Å². The van der Waals surface area contributed by atoms with Crippen LogP contribution < -0.4 is 0 Å². The van der Waals surface area contributed by atoms with Crippen molar-refractivity contribution in [1.29, 1.82) is 0 Å². The zero-order valence-corrected chi connectivity index (χ0v) is 16.3. The Kier molecular flexibility index (Phi) is 5.64. The molecule has 2 aliphatic rings. The molecule has 2 saturated heterocycles. The Morgan fingerprint density at radius 3 is 2.77 bits per heavy atom. The normalized spacial score (nSPS) is 23.7. The molecule has 2 aromatic rings. The summed E-state index contributed by atoms with van der Waals surface area (Å²) in [5.74, 6) is 0. The second-order valence-corrected chi connectivity index (χ2v) is 8.72. The van der Waals surface area contributed by atoms with E-state index in [2.05, 4.69) is 37.3 Å². The Morgan fingerprint density at radius 2 is 2.08 bits per heavy atom.